The first kappa shape index (κ1) is 15.7. The minimum absolute atomic E-state index is 0.246. The molecule has 116 valence electrons. The topological polar surface area (TPSA) is 34.4 Å². The van der Waals surface area contributed by atoms with Crippen molar-refractivity contribution in [1.82, 2.24) is 4.57 Å². The van der Waals surface area contributed by atoms with E-state index in [2.05, 4.69) is 11.6 Å². The number of aryl methyl sites for hydroxylation is 1. The van der Waals surface area contributed by atoms with Crippen LogP contribution in [-0.4, -0.2) is 10.5 Å². The molecule has 0 aliphatic rings. The van der Waals surface area contributed by atoms with E-state index in [1.807, 2.05) is 47.9 Å². The van der Waals surface area contributed by atoms with Crippen LogP contribution >= 0.6 is 22.9 Å². The molecule has 0 bridgehead atoms. The first-order valence-electron chi connectivity index (χ1n) is 7.14. The summed E-state index contributed by atoms with van der Waals surface area (Å²) in [5.41, 5.74) is 2.62. The third kappa shape index (κ3) is 3.28. The summed E-state index contributed by atoms with van der Waals surface area (Å²) in [6.45, 7) is 6.32. The Balaban J connectivity index is 2.16. The molecule has 2 aromatic carbocycles. The number of amides is 1. The number of rotatable bonds is 3. The van der Waals surface area contributed by atoms with Crippen LogP contribution in [0.3, 0.4) is 0 Å². The molecule has 0 spiro atoms. The number of benzene rings is 2. The van der Waals surface area contributed by atoms with Crippen LogP contribution in [0.2, 0.25) is 5.02 Å². The van der Waals surface area contributed by atoms with Crippen LogP contribution in [0.5, 0.6) is 0 Å². The standard InChI is InChI=1S/C18H15ClN2OS/c1-3-9-21-15-8-7-14(19)11-16(15)23-18(21)20-17(22)13-6-4-5-12(2)10-13/h3-8,10-11H,1,9H2,2H3. The van der Waals surface area contributed by atoms with Gasteiger partial charge in [-0.05, 0) is 37.3 Å². The molecule has 0 saturated carbocycles. The number of thiazole rings is 1. The van der Waals surface area contributed by atoms with Gasteiger partial charge in [0.05, 0.1) is 10.2 Å². The Labute approximate surface area is 143 Å². The molecule has 1 amide bonds. The van der Waals surface area contributed by atoms with Crippen molar-refractivity contribution in [3.8, 4) is 0 Å². The van der Waals surface area contributed by atoms with Crippen molar-refractivity contribution in [1.29, 1.82) is 0 Å². The zero-order valence-electron chi connectivity index (χ0n) is 12.6. The summed E-state index contributed by atoms with van der Waals surface area (Å²) in [7, 11) is 0. The Bertz CT molecular complexity index is 969. The maximum atomic E-state index is 12.4. The highest BCUT2D eigenvalue weighted by atomic mass is 35.5. The van der Waals surface area contributed by atoms with Crippen molar-refractivity contribution in [2.24, 2.45) is 4.99 Å². The van der Waals surface area contributed by atoms with E-state index in [4.69, 9.17) is 11.6 Å². The maximum absolute atomic E-state index is 12.4. The number of carbonyl (C=O) groups excluding carboxylic acids is 1. The van der Waals surface area contributed by atoms with Gasteiger partial charge < -0.3 is 4.57 Å². The van der Waals surface area contributed by atoms with Gasteiger partial charge in [0, 0.05) is 17.1 Å². The lowest BCUT2D eigenvalue weighted by atomic mass is 10.1. The van der Waals surface area contributed by atoms with Crippen molar-refractivity contribution in [3.63, 3.8) is 0 Å². The Kier molecular flexibility index (Phi) is 4.46. The van der Waals surface area contributed by atoms with Crippen LogP contribution < -0.4 is 4.80 Å². The Morgan fingerprint density at radius 1 is 1.35 bits per heavy atom. The molecule has 0 unspecified atom stereocenters. The molecule has 0 radical (unpaired) electrons. The van der Waals surface area contributed by atoms with Crippen LogP contribution in [0.4, 0.5) is 0 Å². The van der Waals surface area contributed by atoms with Crippen LogP contribution in [0.15, 0.2) is 60.1 Å². The quantitative estimate of drug-likeness (QED) is 0.641. The molecule has 1 heterocycles. The maximum Gasteiger partial charge on any atom is 0.279 e. The Morgan fingerprint density at radius 2 is 2.17 bits per heavy atom. The fourth-order valence-corrected chi connectivity index (χ4v) is 3.68. The molecular weight excluding hydrogens is 328 g/mol. The van der Waals surface area contributed by atoms with Gasteiger partial charge in [-0.1, -0.05) is 46.7 Å². The van der Waals surface area contributed by atoms with E-state index in [1.165, 1.54) is 11.3 Å². The molecule has 0 N–H and O–H groups in total. The van der Waals surface area contributed by atoms with E-state index in [1.54, 1.807) is 12.1 Å². The summed E-state index contributed by atoms with van der Waals surface area (Å²) in [6, 6.07) is 13.1. The molecule has 3 aromatic rings. The number of hydrogen-bond donors (Lipinski definition) is 0. The first-order valence-corrected chi connectivity index (χ1v) is 8.33. The third-order valence-electron chi connectivity index (χ3n) is 3.42. The fourth-order valence-electron chi connectivity index (χ4n) is 2.37. The molecule has 0 aliphatic heterocycles. The summed E-state index contributed by atoms with van der Waals surface area (Å²) in [5, 5.41) is 0.668. The zero-order chi connectivity index (χ0) is 16.4. The molecule has 5 heteroatoms. The van der Waals surface area contributed by atoms with Gasteiger partial charge >= 0.3 is 0 Å². The zero-order valence-corrected chi connectivity index (χ0v) is 14.2. The van der Waals surface area contributed by atoms with Crippen molar-refractivity contribution >= 4 is 39.1 Å². The van der Waals surface area contributed by atoms with Gasteiger partial charge in [0.1, 0.15) is 0 Å². The molecule has 0 saturated heterocycles. The van der Waals surface area contributed by atoms with Gasteiger partial charge in [-0.25, -0.2) is 0 Å². The number of halogens is 1. The lowest BCUT2D eigenvalue weighted by molar-refractivity contribution is 0.0998. The predicted octanol–water partition coefficient (Wildman–Crippen LogP) is 4.59. The average Bonchev–Trinajstić information content (AvgIpc) is 2.84. The lowest BCUT2D eigenvalue weighted by Crippen LogP contribution is -2.16. The van der Waals surface area contributed by atoms with Crippen molar-refractivity contribution in [3.05, 3.63) is 76.1 Å². The van der Waals surface area contributed by atoms with E-state index < -0.39 is 0 Å². The third-order valence-corrected chi connectivity index (χ3v) is 4.69. The summed E-state index contributed by atoms with van der Waals surface area (Å²) in [4.78, 5) is 17.4. The average molecular weight is 343 g/mol. The summed E-state index contributed by atoms with van der Waals surface area (Å²) in [6.07, 6.45) is 1.79. The van der Waals surface area contributed by atoms with E-state index in [0.717, 1.165) is 15.8 Å². The molecule has 0 aliphatic carbocycles. The van der Waals surface area contributed by atoms with Gasteiger partial charge in [-0.2, -0.15) is 4.99 Å². The van der Waals surface area contributed by atoms with Crippen LogP contribution in [-0.2, 0) is 6.54 Å². The van der Waals surface area contributed by atoms with Crippen LogP contribution in [0.25, 0.3) is 10.2 Å². The number of fused-ring (bicyclic) bond motifs is 1. The van der Waals surface area contributed by atoms with Gasteiger partial charge in [0.2, 0.25) is 0 Å². The minimum atomic E-state index is -0.246. The van der Waals surface area contributed by atoms with Crippen molar-refractivity contribution < 1.29 is 4.79 Å². The fraction of sp³-hybridized carbons (Fsp3) is 0.111. The lowest BCUT2D eigenvalue weighted by Gasteiger charge is -2.01. The number of allylic oxidation sites excluding steroid dienone is 1. The molecule has 3 rings (SSSR count). The summed E-state index contributed by atoms with van der Waals surface area (Å²) >= 11 is 7.50. The molecule has 23 heavy (non-hydrogen) atoms. The van der Waals surface area contributed by atoms with Crippen LogP contribution in [0.1, 0.15) is 15.9 Å². The molecule has 0 fully saturated rings. The first-order chi connectivity index (χ1) is 11.1. The normalized spacial score (nSPS) is 11.8. The van der Waals surface area contributed by atoms with Gasteiger partial charge in [-0.3, -0.25) is 4.79 Å². The van der Waals surface area contributed by atoms with E-state index in [-0.39, 0.29) is 5.91 Å². The van der Waals surface area contributed by atoms with E-state index >= 15 is 0 Å². The monoisotopic (exact) mass is 342 g/mol. The predicted molar refractivity (Wildman–Crippen MR) is 96.1 cm³/mol. The Hall–Kier alpha value is -2.17. The largest absolute Gasteiger partial charge is 0.312 e. The summed E-state index contributed by atoms with van der Waals surface area (Å²) in [5.74, 6) is -0.246. The van der Waals surface area contributed by atoms with Gasteiger partial charge in [0.25, 0.3) is 5.91 Å². The summed E-state index contributed by atoms with van der Waals surface area (Å²) < 4.78 is 2.96. The molecule has 0 atom stereocenters. The SMILES string of the molecule is C=CCn1c(=NC(=O)c2cccc(C)c2)sc2cc(Cl)ccc21. The Morgan fingerprint density at radius 3 is 2.91 bits per heavy atom. The number of nitrogens with zero attached hydrogens (tertiary/aromatic N) is 2. The highest BCUT2D eigenvalue weighted by Gasteiger charge is 2.09. The number of aromatic nitrogens is 1. The molecule has 3 nitrogen and oxygen atoms in total. The molecule has 1 aromatic heterocycles. The van der Waals surface area contributed by atoms with E-state index in [0.29, 0.717) is 21.9 Å². The second kappa shape index (κ2) is 6.52. The van der Waals surface area contributed by atoms with E-state index in [9.17, 15) is 4.79 Å². The minimum Gasteiger partial charge on any atom is -0.312 e. The highest BCUT2D eigenvalue weighted by Crippen LogP contribution is 2.22. The smallest absolute Gasteiger partial charge is 0.279 e. The second-order valence-electron chi connectivity index (χ2n) is 5.18. The second-order valence-corrected chi connectivity index (χ2v) is 6.63. The van der Waals surface area contributed by atoms with Crippen molar-refractivity contribution in [2.75, 3.05) is 0 Å². The van der Waals surface area contributed by atoms with Crippen molar-refractivity contribution in [2.45, 2.75) is 13.5 Å². The highest BCUT2D eigenvalue weighted by molar-refractivity contribution is 7.16. The van der Waals surface area contributed by atoms with Crippen LogP contribution in [0, 0.1) is 6.92 Å². The number of carbonyl (C=O) groups is 1. The van der Waals surface area contributed by atoms with Gasteiger partial charge in [0.15, 0.2) is 4.80 Å². The molecular formula is C18H15ClN2OS. The van der Waals surface area contributed by atoms with Gasteiger partial charge in [-0.15, -0.1) is 6.58 Å². The number of hydrogen-bond acceptors (Lipinski definition) is 2.